The number of nitrogens with zero attached hydrogens (tertiary/aromatic N) is 2. The lowest BCUT2D eigenvalue weighted by Gasteiger charge is -2.34. The molecule has 2 amide bonds. The van der Waals surface area contributed by atoms with Gasteiger partial charge in [-0.05, 0) is 39.3 Å². The molecule has 2 N–H and O–H groups in total. The number of piperidine rings is 1. The van der Waals surface area contributed by atoms with Crippen LogP contribution in [-0.2, 0) is 9.59 Å². The number of hydrogen-bond acceptors (Lipinski definition) is 6. The van der Waals surface area contributed by atoms with Gasteiger partial charge in [0.05, 0.1) is 11.5 Å². The van der Waals surface area contributed by atoms with Crippen LogP contribution in [0.25, 0.3) is 0 Å². The van der Waals surface area contributed by atoms with E-state index in [1.54, 1.807) is 13.0 Å². The summed E-state index contributed by atoms with van der Waals surface area (Å²) < 4.78 is 4.90. The largest absolute Gasteiger partial charge is 0.360 e. The van der Waals surface area contributed by atoms with Crippen molar-refractivity contribution in [2.24, 2.45) is 0 Å². The molecule has 0 bridgehead atoms. The summed E-state index contributed by atoms with van der Waals surface area (Å²) in [5.74, 6) is 1.56. The van der Waals surface area contributed by atoms with Crippen molar-refractivity contribution < 1.29 is 14.1 Å². The zero-order chi connectivity index (χ0) is 17.4. The second-order valence-corrected chi connectivity index (χ2v) is 6.92. The van der Waals surface area contributed by atoms with Crippen LogP contribution in [0.1, 0.15) is 31.9 Å². The third-order valence-corrected chi connectivity index (χ3v) is 4.81. The second kappa shape index (κ2) is 9.68. The number of aryl methyl sites for hydroxylation is 1. The number of rotatable bonds is 8. The van der Waals surface area contributed by atoms with Gasteiger partial charge in [0.25, 0.3) is 0 Å². The van der Waals surface area contributed by atoms with E-state index in [1.165, 1.54) is 11.8 Å². The number of aromatic nitrogens is 1. The molecule has 1 aromatic rings. The zero-order valence-electron chi connectivity index (χ0n) is 14.3. The monoisotopic (exact) mass is 354 g/mol. The minimum atomic E-state index is -0.176. The number of carbonyl (C=O) groups excluding carboxylic acids is 2. The Kier molecular flexibility index (Phi) is 7.58. The zero-order valence-corrected chi connectivity index (χ0v) is 15.2. The molecule has 0 radical (unpaired) electrons. The molecule has 0 spiro atoms. The predicted octanol–water partition coefficient (Wildman–Crippen LogP) is 1.65. The Hall–Kier alpha value is -1.54. The first-order chi connectivity index (χ1) is 11.6. The van der Waals surface area contributed by atoms with Gasteiger partial charge in [0.1, 0.15) is 5.76 Å². The predicted molar refractivity (Wildman–Crippen MR) is 95.1 cm³/mol. The highest BCUT2D eigenvalue weighted by molar-refractivity contribution is 8.00. The Bertz CT molecular complexity index is 543. The van der Waals surface area contributed by atoms with Crippen LogP contribution in [0.3, 0.4) is 0 Å². The molecule has 0 unspecified atom stereocenters. The molecule has 1 fully saturated rings. The summed E-state index contributed by atoms with van der Waals surface area (Å²) in [6.45, 7) is 6.56. The Balaban J connectivity index is 1.74. The first-order valence-corrected chi connectivity index (χ1v) is 9.56. The summed E-state index contributed by atoms with van der Waals surface area (Å²) in [7, 11) is 0. The minimum absolute atomic E-state index is 0.124. The number of carbonyl (C=O) groups is 2. The van der Waals surface area contributed by atoms with E-state index in [0.29, 0.717) is 23.4 Å². The molecule has 0 aromatic carbocycles. The molecular weight excluding hydrogens is 328 g/mol. The van der Waals surface area contributed by atoms with Gasteiger partial charge in [-0.25, -0.2) is 0 Å². The summed E-state index contributed by atoms with van der Waals surface area (Å²) in [5.41, 5.74) is 0. The van der Waals surface area contributed by atoms with Crippen LogP contribution in [0, 0.1) is 6.92 Å². The maximum Gasteiger partial charge on any atom is 0.235 e. The van der Waals surface area contributed by atoms with Crippen molar-refractivity contribution in [1.82, 2.24) is 15.4 Å². The van der Waals surface area contributed by atoms with Crippen LogP contribution in [-0.4, -0.2) is 59.1 Å². The normalized spacial score (nSPS) is 15.2. The summed E-state index contributed by atoms with van der Waals surface area (Å²) in [5, 5.41) is 9.70. The molecule has 134 valence electrons. The SMILES string of the molecule is CCCN(C(=O)CSCC(=O)Nc1cc(C)on1)C1CCNCC1. The van der Waals surface area contributed by atoms with Crippen LogP contribution >= 0.6 is 11.8 Å². The maximum atomic E-state index is 12.5. The molecule has 24 heavy (non-hydrogen) atoms. The van der Waals surface area contributed by atoms with Crippen molar-refractivity contribution in [2.75, 3.05) is 36.5 Å². The standard InChI is InChI=1S/C16H26N4O3S/c1-3-8-20(13-4-6-17-7-5-13)16(22)11-24-10-15(21)18-14-9-12(2)23-19-14/h9,13,17H,3-8,10-11H2,1-2H3,(H,18,19,21). The molecular formula is C16H26N4O3S. The molecule has 2 heterocycles. The van der Waals surface area contributed by atoms with E-state index in [9.17, 15) is 9.59 Å². The smallest absolute Gasteiger partial charge is 0.235 e. The lowest BCUT2D eigenvalue weighted by molar-refractivity contribution is -0.131. The molecule has 0 saturated carbocycles. The molecule has 1 aromatic heterocycles. The molecule has 0 aliphatic carbocycles. The molecule has 1 aliphatic rings. The van der Waals surface area contributed by atoms with E-state index in [1.807, 2.05) is 4.90 Å². The molecule has 1 aliphatic heterocycles. The number of thioether (sulfide) groups is 1. The van der Waals surface area contributed by atoms with Crippen LogP contribution in [0.2, 0.25) is 0 Å². The van der Waals surface area contributed by atoms with Gasteiger partial charge in [0.2, 0.25) is 11.8 Å². The average molecular weight is 354 g/mol. The van der Waals surface area contributed by atoms with Crippen molar-refractivity contribution in [3.8, 4) is 0 Å². The summed E-state index contributed by atoms with van der Waals surface area (Å²) in [6, 6.07) is 1.99. The van der Waals surface area contributed by atoms with Gasteiger partial charge in [-0.2, -0.15) is 0 Å². The number of anilines is 1. The summed E-state index contributed by atoms with van der Waals surface area (Å²) in [4.78, 5) is 26.3. The van der Waals surface area contributed by atoms with Crippen molar-refractivity contribution >= 4 is 29.4 Å². The van der Waals surface area contributed by atoms with Gasteiger partial charge in [-0.15, -0.1) is 11.8 Å². The van der Waals surface area contributed by atoms with Gasteiger partial charge in [0.15, 0.2) is 5.82 Å². The Labute approximate surface area is 146 Å². The van der Waals surface area contributed by atoms with Gasteiger partial charge in [-0.1, -0.05) is 12.1 Å². The van der Waals surface area contributed by atoms with Crippen LogP contribution < -0.4 is 10.6 Å². The van der Waals surface area contributed by atoms with Crippen LogP contribution in [0.5, 0.6) is 0 Å². The molecule has 2 rings (SSSR count). The topological polar surface area (TPSA) is 87.5 Å². The molecule has 8 heteroatoms. The van der Waals surface area contributed by atoms with Crippen LogP contribution in [0.15, 0.2) is 10.6 Å². The fourth-order valence-corrected chi connectivity index (χ4v) is 3.49. The van der Waals surface area contributed by atoms with Gasteiger partial charge >= 0.3 is 0 Å². The van der Waals surface area contributed by atoms with E-state index in [2.05, 4.69) is 22.7 Å². The third kappa shape index (κ3) is 5.83. The summed E-state index contributed by atoms with van der Waals surface area (Å²) >= 11 is 1.34. The highest BCUT2D eigenvalue weighted by Crippen LogP contribution is 2.15. The van der Waals surface area contributed by atoms with Crippen molar-refractivity contribution in [3.05, 3.63) is 11.8 Å². The van der Waals surface area contributed by atoms with Crippen molar-refractivity contribution in [3.63, 3.8) is 0 Å². The maximum absolute atomic E-state index is 12.5. The van der Waals surface area contributed by atoms with E-state index in [4.69, 9.17) is 4.52 Å². The average Bonchev–Trinajstić information content (AvgIpc) is 2.98. The van der Waals surface area contributed by atoms with Crippen molar-refractivity contribution in [2.45, 2.75) is 39.2 Å². The van der Waals surface area contributed by atoms with Gasteiger partial charge in [-0.3, -0.25) is 9.59 Å². The lowest BCUT2D eigenvalue weighted by atomic mass is 10.0. The Morgan fingerprint density at radius 1 is 1.42 bits per heavy atom. The number of hydrogen-bond donors (Lipinski definition) is 2. The van der Waals surface area contributed by atoms with Gasteiger partial charge in [0, 0.05) is 18.7 Å². The molecule has 1 saturated heterocycles. The van der Waals surface area contributed by atoms with Gasteiger partial charge < -0.3 is 20.1 Å². The van der Waals surface area contributed by atoms with Crippen molar-refractivity contribution in [1.29, 1.82) is 0 Å². The van der Waals surface area contributed by atoms with Crippen LogP contribution in [0.4, 0.5) is 5.82 Å². The van der Waals surface area contributed by atoms with E-state index < -0.39 is 0 Å². The highest BCUT2D eigenvalue weighted by atomic mass is 32.2. The first-order valence-electron chi connectivity index (χ1n) is 8.41. The molecule has 7 nitrogen and oxygen atoms in total. The fraction of sp³-hybridized carbons (Fsp3) is 0.688. The summed E-state index contributed by atoms with van der Waals surface area (Å²) in [6.07, 6.45) is 2.96. The second-order valence-electron chi connectivity index (χ2n) is 5.93. The Morgan fingerprint density at radius 3 is 2.79 bits per heavy atom. The van der Waals surface area contributed by atoms with E-state index in [0.717, 1.165) is 38.9 Å². The lowest BCUT2D eigenvalue weighted by Crippen LogP contribution is -2.47. The quantitative estimate of drug-likeness (QED) is 0.738. The van der Waals surface area contributed by atoms with E-state index >= 15 is 0 Å². The number of nitrogens with one attached hydrogen (secondary N) is 2. The minimum Gasteiger partial charge on any atom is -0.360 e. The number of amides is 2. The Morgan fingerprint density at radius 2 is 2.17 bits per heavy atom. The van der Waals surface area contributed by atoms with E-state index in [-0.39, 0.29) is 17.6 Å². The fourth-order valence-electron chi connectivity index (χ4n) is 2.79. The highest BCUT2D eigenvalue weighted by Gasteiger charge is 2.24. The third-order valence-electron chi connectivity index (χ3n) is 3.89. The molecule has 0 atom stereocenters. The first kappa shape index (κ1) is 18.8.